The van der Waals surface area contributed by atoms with Gasteiger partial charge in [-0.3, -0.25) is 0 Å². The Labute approximate surface area is 115 Å². The molecule has 5 heteroatoms. The van der Waals surface area contributed by atoms with E-state index in [0.29, 0.717) is 30.3 Å². The maximum Gasteiger partial charge on any atom is 0.245 e. The molecule has 1 aliphatic carbocycles. The normalized spacial score (nSPS) is 16.6. The van der Waals surface area contributed by atoms with Gasteiger partial charge in [0.25, 0.3) is 0 Å². The molecular formula is C14H22N2O2S. The predicted octanol–water partition coefficient (Wildman–Crippen LogP) is 2.39. The molecule has 1 aromatic rings. The molecule has 0 radical (unpaired) electrons. The van der Waals surface area contributed by atoms with E-state index in [9.17, 15) is 8.42 Å². The third kappa shape index (κ3) is 2.77. The van der Waals surface area contributed by atoms with Gasteiger partial charge in [-0.25, -0.2) is 8.42 Å². The van der Waals surface area contributed by atoms with Crippen molar-refractivity contribution in [2.75, 3.05) is 18.8 Å². The van der Waals surface area contributed by atoms with Crippen LogP contribution < -0.4 is 5.73 Å². The highest BCUT2D eigenvalue weighted by atomic mass is 32.2. The monoisotopic (exact) mass is 282 g/mol. The van der Waals surface area contributed by atoms with Gasteiger partial charge in [-0.2, -0.15) is 4.31 Å². The Hall–Kier alpha value is -1.07. The van der Waals surface area contributed by atoms with Crippen LogP contribution in [0, 0.1) is 12.8 Å². The van der Waals surface area contributed by atoms with Gasteiger partial charge >= 0.3 is 0 Å². The molecule has 19 heavy (non-hydrogen) atoms. The Morgan fingerprint density at radius 2 is 2.05 bits per heavy atom. The third-order valence-electron chi connectivity index (χ3n) is 3.88. The molecule has 106 valence electrons. The van der Waals surface area contributed by atoms with E-state index in [4.69, 9.17) is 5.73 Å². The molecule has 1 aliphatic rings. The number of nitrogens with zero attached hydrogens (tertiary/aromatic N) is 1. The Balaban J connectivity index is 2.33. The molecule has 1 aromatic carbocycles. The Bertz CT molecular complexity index is 530. The number of nitrogens with two attached hydrogens (primary N) is 1. The topological polar surface area (TPSA) is 63.4 Å². The molecule has 0 heterocycles. The molecule has 0 atom stereocenters. The summed E-state index contributed by atoms with van der Waals surface area (Å²) in [6, 6.07) is 5.23. The maximum atomic E-state index is 12.7. The first-order valence-corrected chi connectivity index (χ1v) is 8.26. The van der Waals surface area contributed by atoms with Gasteiger partial charge in [0.15, 0.2) is 0 Å². The van der Waals surface area contributed by atoms with Crippen LogP contribution >= 0.6 is 0 Å². The first-order chi connectivity index (χ1) is 8.96. The summed E-state index contributed by atoms with van der Waals surface area (Å²) in [6.07, 6.45) is 3.49. The van der Waals surface area contributed by atoms with Gasteiger partial charge in [-0.05, 0) is 37.3 Å². The fourth-order valence-corrected chi connectivity index (χ4v) is 4.36. The molecular weight excluding hydrogens is 260 g/mol. The third-order valence-corrected chi connectivity index (χ3v) is 6.04. The lowest BCUT2D eigenvalue weighted by Gasteiger charge is -2.31. The highest BCUT2D eigenvalue weighted by Gasteiger charge is 2.30. The number of anilines is 1. The van der Waals surface area contributed by atoms with Crippen LogP contribution in [0.5, 0.6) is 0 Å². The van der Waals surface area contributed by atoms with Crippen LogP contribution in [0.1, 0.15) is 31.7 Å². The smallest absolute Gasteiger partial charge is 0.245 e. The average Bonchev–Trinajstić information content (AvgIpc) is 2.26. The van der Waals surface area contributed by atoms with Crippen LogP contribution in [0.2, 0.25) is 0 Å². The van der Waals surface area contributed by atoms with Gasteiger partial charge in [0, 0.05) is 13.1 Å². The average molecular weight is 282 g/mol. The van der Waals surface area contributed by atoms with E-state index in [1.165, 1.54) is 6.42 Å². The molecule has 2 rings (SSSR count). The minimum atomic E-state index is -3.48. The van der Waals surface area contributed by atoms with Crippen molar-refractivity contribution in [2.24, 2.45) is 5.92 Å². The van der Waals surface area contributed by atoms with E-state index in [1.807, 2.05) is 6.92 Å². The van der Waals surface area contributed by atoms with Gasteiger partial charge < -0.3 is 5.73 Å². The quantitative estimate of drug-likeness (QED) is 0.843. The van der Waals surface area contributed by atoms with Gasteiger partial charge in [0.05, 0.1) is 5.69 Å². The van der Waals surface area contributed by atoms with Crippen molar-refractivity contribution in [3.8, 4) is 0 Å². The molecule has 0 aromatic heterocycles. The van der Waals surface area contributed by atoms with Crippen LogP contribution in [0.25, 0.3) is 0 Å². The number of hydrogen-bond donors (Lipinski definition) is 1. The second kappa shape index (κ2) is 5.51. The van der Waals surface area contributed by atoms with Crippen molar-refractivity contribution in [2.45, 2.75) is 38.0 Å². The summed E-state index contributed by atoms with van der Waals surface area (Å²) in [7, 11) is -3.48. The summed E-state index contributed by atoms with van der Waals surface area (Å²) in [6.45, 7) is 4.78. The van der Waals surface area contributed by atoms with Gasteiger partial charge in [0.1, 0.15) is 4.90 Å². The lowest BCUT2D eigenvalue weighted by atomic mass is 9.85. The second-order valence-electron chi connectivity index (χ2n) is 5.25. The van der Waals surface area contributed by atoms with Gasteiger partial charge in [-0.1, -0.05) is 25.5 Å². The van der Waals surface area contributed by atoms with E-state index < -0.39 is 10.0 Å². The Morgan fingerprint density at radius 3 is 2.53 bits per heavy atom. The van der Waals surface area contributed by atoms with E-state index >= 15 is 0 Å². The largest absolute Gasteiger partial charge is 0.398 e. The van der Waals surface area contributed by atoms with E-state index in [1.54, 1.807) is 29.4 Å². The molecule has 2 N–H and O–H groups in total. The van der Waals surface area contributed by atoms with Gasteiger partial charge in [0.2, 0.25) is 10.0 Å². The molecule has 0 aliphatic heterocycles. The van der Waals surface area contributed by atoms with Gasteiger partial charge in [-0.15, -0.1) is 0 Å². The van der Waals surface area contributed by atoms with Crippen molar-refractivity contribution < 1.29 is 8.42 Å². The second-order valence-corrected chi connectivity index (χ2v) is 7.12. The molecule has 1 fully saturated rings. The number of sulfonamides is 1. The van der Waals surface area contributed by atoms with Crippen molar-refractivity contribution in [3.05, 3.63) is 23.8 Å². The van der Waals surface area contributed by atoms with Crippen LogP contribution in [0.4, 0.5) is 5.69 Å². The highest BCUT2D eigenvalue weighted by molar-refractivity contribution is 7.89. The number of benzene rings is 1. The highest BCUT2D eigenvalue weighted by Crippen LogP contribution is 2.31. The summed E-state index contributed by atoms with van der Waals surface area (Å²) in [5.74, 6) is 0.514. The molecule has 0 spiro atoms. The lowest BCUT2D eigenvalue weighted by molar-refractivity contribution is 0.250. The molecule has 4 nitrogen and oxygen atoms in total. The summed E-state index contributed by atoms with van der Waals surface area (Å²) in [4.78, 5) is 0.274. The van der Waals surface area contributed by atoms with E-state index in [2.05, 4.69) is 0 Å². The molecule has 0 saturated heterocycles. The van der Waals surface area contributed by atoms with Crippen molar-refractivity contribution >= 4 is 15.7 Å². The summed E-state index contributed by atoms with van der Waals surface area (Å²) >= 11 is 0. The van der Waals surface area contributed by atoms with Crippen molar-refractivity contribution in [3.63, 3.8) is 0 Å². The fourth-order valence-electron chi connectivity index (χ4n) is 2.52. The Morgan fingerprint density at radius 1 is 1.37 bits per heavy atom. The maximum absolute atomic E-state index is 12.7. The van der Waals surface area contributed by atoms with Crippen LogP contribution in [0.3, 0.4) is 0 Å². The van der Waals surface area contributed by atoms with E-state index in [-0.39, 0.29) is 4.90 Å². The first-order valence-electron chi connectivity index (χ1n) is 6.82. The number of rotatable bonds is 5. The fraction of sp³-hybridized carbons (Fsp3) is 0.571. The minimum absolute atomic E-state index is 0.274. The van der Waals surface area contributed by atoms with Crippen LogP contribution in [-0.2, 0) is 10.0 Å². The summed E-state index contributed by atoms with van der Waals surface area (Å²) in [5, 5.41) is 0. The first kappa shape index (κ1) is 14.3. The molecule has 0 amide bonds. The lowest BCUT2D eigenvalue weighted by Crippen LogP contribution is -2.37. The molecule has 0 bridgehead atoms. The number of aryl methyl sites for hydroxylation is 1. The molecule has 1 saturated carbocycles. The summed E-state index contributed by atoms with van der Waals surface area (Å²) in [5.41, 5.74) is 6.93. The Kier molecular flexibility index (Phi) is 4.16. The minimum Gasteiger partial charge on any atom is -0.398 e. The zero-order valence-electron chi connectivity index (χ0n) is 11.6. The predicted molar refractivity (Wildman–Crippen MR) is 77.4 cm³/mol. The zero-order valence-corrected chi connectivity index (χ0v) is 12.4. The van der Waals surface area contributed by atoms with Crippen molar-refractivity contribution in [1.29, 1.82) is 0 Å². The van der Waals surface area contributed by atoms with Crippen molar-refractivity contribution in [1.82, 2.24) is 4.31 Å². The number of nitrogen functional groups attached to an aromatic ring is 1. The standard InChI is InChI=1S/C14H22N2O2S/c1-3-16(10-12-7-5-8-12)19(17,18)14-11(2)6-4-9-13(14)15/h4,6,9,12H,3,5,7-8,10,15H2,1-2H3. The van der Waals surface area contributed by atoms with Crippen LogP contribution in [-0.4, -0.2) is 25.8 Å². The number of hydrogen-bond acceptors (Lipinski definition) is 3. The van der Waals surface area contributed by atoms with Crippen LogP contribution in [0.15, 0.2) is 23.1 Å². The SMILES string of the molecule is CCN(CC1CCC1)S(=O)(=O)c1c(C)cccc1N. The zero-order chi connectivity index (χ0) is 14.0. The van der Waals surface area contributed by atoms with E-state index in [0.717, 1.165) is 12.8 Å². The summed E-state index contributed by atoms with van der Waals surface area (Å²) < 4.78 is 27.0. The molecule has 0 unspecified atom stereocenters.